The van der Waals surface area contributed by atoms with Gasteiger partial charge in [-0.2, -0.15) is 0 Å². The number of hydrogen-bond acceptors (Lipinski definition) is 4. The van der Waals surface area contributed by atoms with Crippen LogP contribution in [-0.4, -0.2) is 53.7 Å². The van der Waals surface area contributed by atoms with Gasteiger partial charge in [0.1, 0.15) is 6.61 Å². The number of nitrogens with one attached hydrogen (secondary N) is 1. The van der Waals surface area contributed by atoms with E-state index < -0.39 is 24.0 Å². The van der Waals surface area contributed by atoms with Crippen LogP contribution in [0.5, 0.6) is 0 Å². The molecule has 7 nitrogen and oxygen atoms in total. The van der Waals surface area contributed by atoms with Crippen LogP contribution in [0.2, 0.25) is 0 Å². The minimum atomic E-state index is -0.843. The molecule has 1 aliphatic carbocycles. The lowest BCUT2D eigenvalue weighted by Gasteiger charge is -2.26. The molecular formula is C27H32N2O5. The van der Waals surface area contributed by atoms with Crippen molar-refractivity contribution in [3.63, 3.8) is 0 Å². The second-order valence-corrected chi connectivity index (χ2v) is 9.63. The van der Waals surface area contributed by atoms with Gasteiger partial charge in [-0.25, -0.2) is 4.79 Å². The second kappa shape index (κ2) is 9.87. The van der Waals surface area contributed by atoms with E-state index in [9.17, 15) is 14.4 Å². The molecular weight excluding hydrogens is 432 g/mol. The minimum absolute atomic E-state index is 0.0234. The van der Waals surface area contributed by atoms with Crippen molar-refractivity contribution in [1.82, 2.24) is 10.2 Å². The van der Waals surface area contributed by atoms with Crippen molar-refractivity contribution in [1.29, 1.82) is 0 Å². The maximum Gasteiger partial charge on any atom is 0.407 e. The van der Waals surface area contributed by atoms with E-state index in [1.807, 2.05) is 31.2 Å². The summed E-state index contributed by atoms with van der Waals surface area (Å²) in [6.45, 7) is 6.75. The van der Waals surface area contributed by atoms with E-state index in [4.69, 9.17) is 9.84 Å². The molecule has 0 bridgehead atoms. The summed E-state index contributed by atoms with van der Waals surface area (Å²) in [6.07, 6.45) is -0.486. The molecule has 7 heteroatoms. The Labute approximate surface area is 200 Å². The lowest BCUT2D eigenvalue weighted by Crippen LogP contribution is -2.45. The van der Waals surface area contributed by atoms with E-state index in [1.165, 1.54) is 11.1 Å². The fourth-order valence-corrected chi connectivity index (χ4v) is 5.16. The largest absolute Gasteiger partial charge is 0.481 e. The smallest absolute Gasteiger partial charge is 0.407 e. The number of aliphatic carboxylic acids is 1. The molecule has 4 atom stereocenters. The van der Waals surface area contributed by atoms with Crippen molar-refractivity contribution in [2.75, 3.05) is 19.7 Å². The van der Waals surface area contributed by atoms with Crippen molar-refractivity contribution in [2.45, 2.75) is 39.2 Å². The van der Waals surface area contributed by atoms with Crippen LogP contribution in [-0.2, 0) is 14.3 Å². The van der Waals surface area contributed by atoms with Crippen LogP contribution < -0.4 is 5.32 Å². The molecule has 180 valence electrons. The molecule has 1 heterocycles. The zero-order chi connectivity index (χ0) is 24.4. The van der Waals surface area contributed by atoms with Crippen LogP contribution in [0.4, 0.5) is 4.79 Å². The number of likely N-dealkylation sites (tertiary alicyclic amines) is 1. The number of carbonyl (C=O) groups is 3. The Hall–Kier alpha value is -3.35. The standard InChI is InChI=1S/C27H32N2O5/c1-16-13-29(14-19(16)12-25(30)31)26(32)17(2)18(3)28-27(33)34-15-24-22-10-6-4-8-20(22)21-9-5-7-11-23(21)24/h4-11,16-19,24H,12-15H2,1-3H3,(H,28,33)(H,30,31). The van der Waals surface area contributed by atoms with Gasteiger partial charge in [0.05, 0.1) is 12.3 Å². The van der Waals surface area contributed by atoms with Gasteiger partial charge in [-0.3, -0.25) is 9.59 Å². The summed E-state index contributed by atoms with van der Waals surface area (Å²) >= 11 is 0. The molecule has 2 aliphatic rings. The summed E-state index contributed by atoms with van der Waals surface area (Å²) in [5, 5.41) is 11.9. The number of hydrogen-bond donors (Lipinski definition) is 2. The van der Waals surface area contributed by atoms with E-state index in [2.05, 4.69) is 29.6 Å². The third-order valence-electron chi connectivity index (χ3n) is 7.35. The van der Waals surface area contributed by atoms with Gasteiger partial charge < -0.3 is 20.1 Å². The van der Waals surface area contributed by atoms with Crippen LogP contribution in [0.3, 0.4) is 0 Å². The quantitative estimate of drug-likeness (QED) is 0.643. The summed E-state index contributed by atoms with van der Waals surface area (Å²) in [4.78, 5) is 38.3. The predicted molar refractivity (Wildman–Crippen MR) is 128 cm³/mol. The summed E-state index contributed by atoms with van der Waals surface area (Å²) < 4.78 is 5.60. The Balaban J connectivity index is 1.32. The topological polar surface area (TPSA) is 95.9 Å². The third-order valence-corrected chi connectivity index (χ3v) is 7.35. The molecule has 1 saturated heterocycles. The van der Waals surface area contributed by atoms with Gasteiger partial charge in [-0.05, 0) is 41.0 Å². The van der Waals surface area contributed by atoms with E-state index in [0.29, 0.717) is 13.1 Å². The van der Waals surface area contributed by atoms with Crippen molar-refractivity contribution in [2.24, 2.45) is 17.8 Å². The third kappa shape index (κ3) is 4.79. The maximum absolute atomic E-state index is 13.0. The average Bonchev–Trinajstić information content (AvgIpc) is 3.34. The Morgan fingerprint density at radius 1 is 1.03 bits per heavy atom. The molecule has 2 amide bonds. The normalized spacial score (nSPS) is 20.9. The fraction of sp³-hybridized carbons (Fsp3) is 0.444. The highest BCUT2D eigenvalue weighted by molar-refractivity contribution is 5.81. The first-order valence-corrected chi connectivity index (χ1v) is 11.9. The number of alkyl carbamates (subject to hydrolysis) is 1. The summed E-state index contributed by atoms with van der Waals surface area (Å²) in [5.41, 5.74) is 4.63. The highest BCUT2D eigenvalue weighted by Crippen LogP contribution is 2.44. The Morgan fingerprint density at radius 3 is 2.21 bits per heavy atom. The Kier molecular flexibility index (Phi) is 6.91. The molecule has 0 saturated carbocycles. The van der Waals surface area contributed by atoms with Crippen LogP contribution in [0.1, 0.15) is 44.2 Å². The molecule has 4 rings (SSSR count). The predicted octanol–water partition coefficient (Wildman–Crippen LogP) is 4.12. The van der Waals surface area contributed by atoms with Crippen molar-refractivity contribution in [3.8, 4) is 11.1 Å². The van der Waals surface area contributed by atoms with Crippen LogP contribution in [0, 0.1) is 17.8 Å². The number of carboxylic acid groups (broad SMARTS) is 1. The van der Waals surface area contributed by atoms with Gasteiger partial charge in [0.2, 0.25) is 5.91 Å². The number of ether oxygens (including phenoxy) is 1. The van der Waals surface area contributed by atoms with Gasteiger partial charge >= 0.3 is 12.1 Å². The molecule has 0 spiro atoms. The fourth-order valence-electron chi connectivity index (χ4n) is 5.16. The Bertz CT molecular complexity index is 1040. The van der Waals surface area contributed by atoms with Gasteiger partial charge in [-0.15, -0.1) is 0 Å². The van der Waals surface area contributed by atoms with E-state index >= 15 is 0 Å². The lowest BCUT2D eigenvalue weighted by atomic mass is 9.95. The van der Waals surface area contributed by atoms with Crippen molar-refractivity contribution >= 4 is 18.0 Å². The van der Waals surface area contributed by atoms with Gasteiger partial charge in [0.25, 0.3) is 0 Å². The lowest BCUT2D eigenvalue weighted by molar-refractivity contribution is -0.139. The molecule has 0 aromatic heterocycles. The number of amides is 2. The summed E-state index contributed by atoms with van der Waals surface area (Å²) in [5.74, 6) is -1.30. The van der Waals surface area contributed by atoms with Gasteiger partial charge in [0, 0.05) is 25.0 Å². The molecule has 1 aliphatic heterocycles. The Morgan fingerprint density at radius 2 is 1.62 bits per heavy atom. The number of nitrogens with zero attached hydrogens (tertiary/aromatic N) is 1. The number of carbonyl (C=O) groups excluding carboxylic acids is 2. The van der Waals surface area contributed by atoms with Gasteiger partial charge in [0.15, 0.2) is 0 Å². The van der Waals surface area contributed by atoms with Crippen LogP contribution >= 0.6 is 0 Å². The molecule has 1 fully saturated rings. The molecule has 2 aromatic carbocycles. The molecule has 2 aromatic rings. The van der Waals surface area contributed by atoms with E-state index in [0.717, 1.165) is 11.1 Å². The molecule has 34 heavy (non-hydrogen) atoms. The zero-order valence-corrected chi connectivity index (χ0v) is 19.9. The number of benzene rings is 2. The molecule has 2 N–H and O–H groups in total. The SMILES string of the molecule is CC1CN(C(=O)C(C)C(C)NC(=O)OCC2c3ccccc3-c3ccccc32)CC1CC(=O)O. The zero-order valence-electron chi connectivity index (χ0n) is 19.9. The van der Waals surface area contributed by atoms with Crippen LogP contribution in [0.15, 0.2) is 48.5 Å². The molecule has 4 unspecified atom stereocenters. The second-order valence-electron chi connectivity index (χ2n) is 9.63. The number of rotatable bonds is 7. The molecule has 0 radical (unpaired) electrons. The van der Waals surface area contributed by atoms with E-state index in [1.54, 1.807) is 18.7 Å². The van der Waals surface area contributed by atoms with Crippen molar-refractivity contribution in [3.05, 3.63) is 59.7 Å². The first-order valence-electron chi connectivity index (χ1n) is 11.9. The maximum atomic E-state index is 13.0. The highest BCUT2D eigenvalue weighted by atomic mass is 16.5. The summed E-state index contributed by atoms with van der Waals surface area (Å²) in [6, 6.07) is 15.9. The number of fused-ring (bicyclic) bond motifs is 3. The minimum Gasteiger partial charge on any atom is -0.481 e. The monoisotopic (exact) mass is 464 g/mol. The first-order chi connectivity index (χ1) is 16.3. The van der Waals surface area contributed by atoms with Crippen molar-refractivity contribution < 1.29 is 24.2 Å². The van der Waals surface area contributed by atoms with Gasteiger partial charge in [-0.1, -0.05) is 62.4 Å². The van der Waals surface area contributed by atoms with Crippen LogP contribution in [0.25, 0.3) is 11.1 Å². The number of carboxylic acids is 1. The van der Waals surface area contributed by atoms with E-state index in [-0.39, 0.29) is 36.7 Å². The first kappa shape index (κ1) is 23.8. The average molecular weight is 465 g/mol. The highest BCUT2D eigenvalue weighted by Gasteiger charge is 2.37. The summed E-state index contributed by atoms with van der Waals surface area (Å²) in [7, 11) is 0.